The van der Waals surface area contributed by atoms with Crippen molar-refractivity contribution in [3.05, 3.63) is 95.8 Å². The average Bonchev–Trinajstić information content (AvgIpc) is 3.23. The summed E-state index contributed by atoms with van der Waals surface area (Å²) in [5.41, 5.74) is 3.91. The van der Waals surface area contributed by atoms with E-state index in [-0.39, 0.29) is 17.9 Å². The van der Waals surface area contributed by atoms with Crippen LogP contribution in [-0.2, 0) is 6.42 Å². The van der Waals surface area contributed by atoms with E-state index in [1.165, 1.54) is 12.1 Å². The van der Waals surface area contributed by atoms with Crippen molar-refractivity contribution in [1.29, 1.82) is 0 Å². The topological polar surface area (TPSA) is 35.6 Å². The van der Waals surface area contributed by atoms with E-state index in [0.717, 1.165) is 55.0 Å². The molecule has 2 amide bonds. The summed E-state index contributed by atoms with van der Waals surface area (Å²) in [5.74, 6) is -0.204. The number of amides is 2. The number of hydrogen-bond acceptors (Lipinski definition) is 2. The Morgan fingerprint density at radius 3 is 2.48 bits per heavy atom. The molecule has 1 heterocycles. The monoisotopic (exact) mass is 417 g/mol. The van der Waals surface area contributed by atoms with Gasteiger partial charge in [-0.2, -0.15) is 0 Å². The Kier molecular flexibility index (Phi) is 6.63. The highest BCUT2D eigenvalue weighted by Crippen LogP contribution is 2.28. The van der Waals surface area contributed by atoms with Crippen LogP contribution in [0.4, 0.5) is 20.6 Å². The first kappa shape index (κ1) is 21.1. The number of aryl methyl sites for hydroxylation is 1. The van der Waals surface area contributed by atoms with E-state index in [4.69, 9.17) is 0 Å². The number of likely N-dealkylation sites (tertiary alicyclic amines) is 1. The number of para-hydroxylation sites is 2. The van der Waals surface area contributed by atoms with Crippen molar-refractivity contribution < 1.29 is 9.18 Å². The zero-order valence-corrected chi connectivity index (χ0v) is 17.8. The molecule has 5 heteroatoms. The lowest BCUT2D eigenvalue weighted by Gasteiger charge is -2.27. The van der Waals surface area contributed by atoms with Gasteiger partial charge in [0.2, 0.25) is 0 Å². The number of nitrogens with zero attached hydrogens (tertiary/aromatic N) is 2. The Balaban J connectivity index is 1.40. The van der Waals surface area contributed by atoms with Gasteiger partial charge in [0, 0.05) is 25.7 Å². The van der Waals surface area contributed by atoms with E-state index < -0.39 is 0 Å². The molecule has 4 nitrogen and oxygen atoms in total. The Morgan fingerprint density at radius 2 is 1.74 bits per heavy atom. The number of urea groups is 1. The van der Waals surface area contributed by atoms with Crippen molar-refractivity contribution in [3.8, 4) is 0 Å². The molecule has 4 rings (SSSR count). The summed E-state index contributed by atoms with van der Waals surface area (Å²) >= 11 is 0. The lowest BCUT2D eigenvalue weighted by molar-refractivity contribution is 0.244. The van der Waals surface area contributed by atoms with E-state index in [9.17, 15) is 9.18 Å². The van der Waals surface area contributed by atoms with E-state index in [0.29, 0.717) is 0 Å². The molecule has 0 bridgehead atoms. The molecular weight excluding hydrogens is 389 g/mol. The minimum atomic E-state index is -0.204. The van der Waals surface area contributed by atoms with Gasteiger partial charge >= 0.3 is 6.03 Å². The molecule has 0 aliphatic carbocycles. The van der Waals surface area contributed by atoms with Gasteiger partial charge < -0.3 is 10.2 Å². The second kappa shape index (κ2) is 9.75. The van der Waals surface area contributed by atoms with Crippen LogP contribution in [0.25, 0.3) is 0 Å². The van der Waals surface area contributed by atoms with Crippen LogP contribution < -0.4 is 10.2 Å². The number of nitrogens with one attached hydrogen (secondary N) is 1. The summed E-state index contributed by atoms with van der Waals surface area (Å²) in [6, 6.07) is 24.4. The number of anilines is 2. The first-order valence-electron chi connectivity index (χ1n) is 10.8. The van der Waals surface area contributed by atoms with E-state index >= 15 is 0 Å². The molecule has 0 radical (unpaired) electrons. The predicted molar refractivity (Wildman–Crippen MR) is 123 cm³/mol. The largest absolute Gasteiger partial charge is 0.333 e. The van der Waals surface area contributed by atoms with E-state index in [1.807, 2.05) is 73.7 Å². The minimum Gasteiger partial charge on any atom is -0.333 e. The van der Waals surface area contributed by atoms with Gasteiger partial charge in [-0.3, -0.25) is 4.90 Å². The van der Waals surface area contributed by atoms with E-state index in [1.54, 1.807) is 4.90 Å². The van der Waals surface area contributed by atoms with Crippen molar-refractivity contribution in [2.75, 3.05) is 24.5 Å². The Morgan fingerprint density at radius 1 is 1.03 bits per heavy atom. The summed E-state index contributed by atoms with van der Waals surface area (Å²) in [5, 5.41) is 3.23. The van der Waals surface area contributed by atoms with Crippen LogP contribution in [0, 0.1) is 12.7 Å². The fourth-order valence-electron chi connectivity index (χ4n) is 4.09. The molecule has 31 heavy (non-hydrogen) atoms. The number of carbonyl (C=O) groups excluding carboxylic acids is 1. The molecule has 3 aromatic rings. The fraction of sp³-hybridized carbons (Fsp3) is 0.269. The third-order valence-corrected chi connectivity index (χ3v) is 5.80. The van der Waals surface area contributed by atoms with Gasteiger partial charge in [0.05, 0.1) is 11.4 Å². The van der Waals surface area contributed by atoms with Crippen LogP contribution in [0.1, 0.15) is 17.5 Å². The van der Waals surface area contributed by atoms with Crippen molar-refractivity contribution in [2.24, 2.45) is 0 Å². The smallest absolute Gasteiger partial charge is 0.326 e. The van der Waals surface area contributed by atoms with Gasteiger partial charge in [0.15, 0.2) is 0 Å². The zero-order chi connectivity index (χ0) is 21.6. The van der Waals surface area contributed by atoms with Gasteiger partial charge in [-0.1, -0.05) is 48.5 Å². The third kappa shape index (κ3) is 5.30. The highest BCUT2D eigenvalue weighted by atomic mass is 19.1. The first-order chi connectivity index (χ1) is 15.1. The molecule has 0 aromatic heterocycles. The van der Waals surface area contributed by atoms with Gasteiger partial charge in [0.25, 0.3) is 0 Å². The Bertz CT molecular complexity index is 1010. The molecule has 0 spiro atoms. The molecule has 3 aromatic carbocycles. The molecule has 160 valence electrons. The van der Waals surface area contributed by atoms with Crippen LogP contribution >= 0.6 is 0 Å². The lowest BCUT2D eigenvalue weighted by Crippen LogP contribution is -2.44. The minimum absolute atomic E-state index is 0.106. The predicted octanol–water partition coefficient (Wildman–Crippen LogP) is 5.30. The Hall–Kier alpha value is -3.18. The molecular formula is C26H28FN3O. The van der Waals surface area contributed by atoms with E-state index in [2.05, 4.69) is 10.2 Å². The second-order valence-corrected chi connectivity index (χ2v) is 8.07. The molecule has 1 aliphatic heterocycles. The number of rotatable bonds is 6. The normalized spacial score (nSPS) is 16.3. The van der Waals surface area contributed by atoms with Crippen LogP contribution in [0.5, 0.6) is 0 Å². The summed E-state index contributed by atoms with van der Waals surface area (Å²) in [4.78, 5) is 17.4. The summed E-state index contributed by atoms with van der Waals surface area (Å²) < 4.78 is 13.1. The summed E-state index contributed by atoms with van der Waals surface area (Å²) in [7, 11) is 0. The molecule has 1 fully saturated rings. The standard InChI is InChI=1S/C26H28FN3O/c1-20-7-5-6-10-25(20)30(24-8-3-2-4-9-24)26(31)28-23-16-18-29(19-23)17-15-21-11-13-22(27)14-12-21/h2-14,23H,15-19H2,1H3,(H,28,31)/t23-/m0/s1. The number of carbonyl (C=O) groups is 1. The van der Waals surface area contributed by atoms with Gasteiger partial charge in [-0.25, -0.2) is 9.18 Å². The van der Waals surface area contributed by atoms with Gasteiger partial charge in [0.1, 0.15) is 5.82 Å². The zero-order valence-electron chi connectivity index (χ0n) is 17.8. The SMILES string of the molecule is Cc1ccccc1N(C(=O)N[C@H]1CCN(CCc2ccc(F)cc2)C1)c1ccccc1. The number of halogens is 1. The maximum Gasteiger partial charge on any atom is 0.326 e. The van der Waals surface area contributed by atoms with Crippen molar-refractivity contribution in [1.82, 2.24) is 10.2 Å². The van der Waals surface area contributed by atoms with Crippen molar-refractivity contribution in [3.63, 3.8) is 0 Å². The van der Waals surface area contributed by atoms with Gasteiger partial charge in [-0.15, -0.1) is 0 Å². The number of hydrogen-bond donors (Lipinski definition) is 1. The van der Waals surface area contributed by atoms with Crippen molar-refractivity contribution >= 4 is 17.4 Å². The fourth-order valence-corrected chi connectivity index (χ4v) is 4.09. The van der Waals surface area contributed by atoms with Crippen LogP contribution in [0.2, 0.25) is 0 Å². The molecule has 1 atom stereocenters. The third-order valence-electron chi connectivity index (χ3n) is 5.80. The second-order valence-electron chi connectivity index (χ2n) is 8.07. The van der Waals surface area contributed by atoms with Crippen LogP contribution in [0.15, 0.2) is 78.9 Å². The quantitative estimate of drug-likeness (QED) is 0.591. The van der Waals surface area contributed by atoms with Crippen molar-refractivity contribution in [2.45, 2.75) is 25.8 Å². The maximum atomic E-state index is 13.3. The summed E-state index contributed by atoms with van der Waals surface area (Å²) in [6.07, 6.45) is 1.80. The molecule has 0 saturated carbocycles. The highest BCUT2D eigenvalue weighted by molar-refractivity contribution is 6.00. The molecule has 0 unspecified atom stereocenters. The number of benzene rings is 3. The molecule has 1 N–H and O–H groups in total. The molecule has 1 saturated heterocycles. The van der Waals surface area contributed by atoms with Crippen LogP contribution in [0.3, 0.4) is 0 Å². The maximum absolute atomic E-state index is 13.3. The average molecular weight is 418 g/mol. The summed E-state index contributed by atoms with van der Waals surface area (Å²) in [6.45, 7) is 4.69. The highest BCUT2D eigenvalue weighted by Gasteiger charge is 2.27. The van der Waals surface area contributed by atoms with Crippen LogP contribution in [-0.4, -0.2) is 36.6 Å². The Labute approximate surface area is 183 Å². The molecule has 1 aliphatic rings. The van der Waals surface area contributed by atoms with Gasteiger partial charge in [-0.05, 0) is 61.2 Å². The first-order valence-corrected chi connectivity index (χ1v) is 10.8. The lowest BCUT2D eigenvalue weighted by atomic mass is 10.1.